The van der Waals surface area contributed by atoms with Crippen LogP contribution in [0.3, 0.4) is 0 Å². The maximum Gasteiger partial charge on any atom is 0.254 e. The monoisotopic (exact) mass is 380 g/mol. The van der Waals surface area contributed by atoms with E-state index in [2.05, 4.69) is 4.98 Å². The normalized spacial score (nSPS) is 16.3. The topological polar surface area (TPSA) is 45.8 Å². The predicted octanol–water partition coefficient (Wildman–Crippen LogP) is 5.45. The summed E-state index contributed by atoms with van der Waals surface area (Å²) in [7, 11) is 0. The third kappa shape index (κ3) is 3.93. The van der Waals surface area contributed by atoms with Crippen LogP contribution in [-0.2, 0) is 0 Å². The largest absolute Gasteiger partial charge is 0.301 e. The van der Waals surface area contributed by atoms with Crippen LogP contribution in [0.15, 0.2) is 28.2 Å². The lowest BCUT2D eigenvalue weighted by Crippen LogP contribution is -2.20. The summed E-state index contributed by atoms with van der Waals surface area (Å²) in [4.78, 5) is 20.0. The minimum absolute atomic E-state index is 0.156. The van der Waals surface area contributed by atoms with Gasteiger partial charge >= 0.3 is 0 Å². The number of nitrogens with one attached hydrogen (secondary N) is 1. The summed E-state index contributed by atoms with van der Waals surface area (Å²) in [6.07, 6.45) is 5.36. The Kier molecular flexibility index (Phi) is 5.85. The molecule has 134 valence electrons. The standard InChI is InChI=1S/C19H22ClFN2OS/c1-3-13(16-14(20)9-6-10-15(16)21)17-11(2)18(24)23-19(22-17)25-12-7-4-5-8-12/h6,9-10,12-13H,3-5,7-8H2,1-2H3,(H,22,23,24). The van der Waals surface area contributed by atoms with E-state index < -0.39 is 0 Å². The van der Waals surface area contributed by atoms with Gasteiger partial charge in [-0.15, -0.1) is 0 Å². The van der Waals surface area contributed by atoms with Gasteiger partial charge in [0, 0.05) is 27.3 Å². The first-order chi connectivity index (χ1) is 12.0. The van der Waals surface area contributed by atoms with Crippen molar-refractivity contribution in [3.63, 3.8) is 0 Å². The first kappa shape index (κ1) is 18.5. The molecule has 1 fully saturated rings. The fourth-order valence-corrected chi connectivity index (χ4v) is 4.95. The van der Waals surface area contributed by atoms with Crippen molar-refractivity contribution in [2.75, 3.05) is 0 Å². The summed E-state index contributed by atoms with van der Waals surface area (Å²) in [6.45, 7) is 3.70. The SMILES string of the molecule is CCC(c1nc(SC2CCCC2)[nH]c(=O)c1C)c1c(F)cccc1Cl. The molecule has 3 rings (SSSR count). The van der Waals surface area contributed by atoms with Gasteiger partial charge in [0.1, 0.15) is 5.82 Å². The van der Waals surface area contributed by atoms with Crippen molar-refractivity contribution in [3.05, 3.63) is 56.2 Å². The van der Waals surface area contributed by atoms with Crippen molar-refractivity contribution >= 4 is 23.4 Å². The molecular formula is C19H22ClFN2OS. The van der Waals surface area contributed by atoms with Crippen LogP contribution < -0.4 is 5.56 Å². The second-order valence-electron chi connectivity index (χ2n) is 6.50. The number of aromatic amines is 1. The summed E-state index contributed by atoms with van der Waals surface area (Å²) >= 11 is 7.89. The van der Waals surface area contributed by atoms with Crippen LogP contribution in [0.4, 0.5) is 4.39 Å². The molecule has 1 atom stereocenters. The number of benzene rings is 1. The Morgan fingerprint density at radius 1 is 1.40 bits per heavy atom. The molecule has 1 aromatic heterocycles. The Labute approximate surface area is 156 Å². The van der Waals surface area contributed by atoms with Crippen molar-refractivity contribution in [2.24, 2.45) is 0 Å². The average Bonchev–Trinajstić information content (AvgIpc) is 3.08. The van der Waals surface area contributed by atoms with Crippen molar-refractivity contribution < 1.29 is 4.39 Å². The second-order valence-corrected chi connectivity index (χ2v) is 8.20. The maximum absolute atomic E-state index is 14.4. The summed E-state index contributed by atoms with van der Waals surface area (Å²) in [5, 5.41) is 1.50. The van der Waals surface area contributed by atoms with E-state index in [0.717, 1.165) is 12.8 Å². The number of halogens is 2. The molecule has 25 heavy (non-hydrogen) atoms. The van der Waals surface area contributed by atoms with Gasteiger partial charge in [0.2, 0.25) is 0 Å². The van der Waals surface area contributed by atoms with Gasteiger partial charge in [0.25, 0.3) is 5.56 Å². The Bertz CT molecular complexity index is 797. The molecule has 1 aliphatic carbocycles. The van der Waals surface area contributed by atoms with Crippen LogP contribution in [0.25, 0.3) is 0 Å². The highest BCUT2D eigenvalue weighted by atomic mass is 35.5. The summed E-state index contributed by atoms with van der Waals surface area (Å²) < 4.78 is 14.4. The molecule has 6 heteroatoms. The molecule has 0 spiro atoms. The van der Waals surface area contributed by atoms with Gasteiger partial charge in [-0.2, -0.15) is 0 Å². The number of hydrogen-bond donors (Lipinski definition) is 1. The molecular weight excluding hydrogens is 359 g/mol. The second kappa shape index (κ2) is 7.92. The zero-order chi connectivity index (χ0) is 18.0. The lowest BCUT2D eigenvalue weighted by atomic mass is 9.90. The molecule has 1 N–H and O–H groups in total. The summed E-state index contributed by atoms with van der Waals surface area (Å²) in [5.74, 6) is -0.690. The molecule has 0 aliphatic heterocycles. The number of rotatable bonds is 5. The van der Waals surface area contributed by atoms with Gasteiger partial charge in [-0.3, -0.25) is 4.79 Å². The minimum Gasteiger partial charge on any atom is -0.301 e. The van der Waals surface area contributed by atoms with E-state index in [9.17, 15) is 9.18 Å². The number of H-pyrrole nitrogens is 1. The van der Waals surface area contributed by atoms with Crippen molar-refractivity contribution in [1.29, 1.82) is 0 Å². The van der Waals surface area contributed by atoms with Crippen LogP contribution in [-0.4, -0.2) is 15.2 Å². The highest BCUT2D eigenvalue weighted by Gasteiger charge is 2.25. The van der Waals surface area contributed by atoms with Crippen LogP contribution in [0.1, 0.15) is 61.8 Å². The van der Waals surface area contributed by atoms with Crippen molar-refractivity contribution in [1.82, 2.24) is 9.97 Å². The van der Waals surface area contributed by atoms with E-state index >= 15 is 0 Å². The molecule has 1 saturated carbocycles. The zero-order valence-electron chi connectivity index (χ0n) is 14.4. The third-order valence-corrected chi connectivity index (χ3v) is 6.39. The lowest BCUT2D eigenvalue weighted by molar-refractivity contribution is 0.585. The molecule has 1 aliphatic rings. The molecule has 2 aromatic rings. The fourth-order valence-electron chi connectivity index (χ4n) is 3.47. The quantitative estimate of drug-likeness (QED) is 0.701. The molecule has 0 bridgehead atoms. The molecule has 0 radical (unpaired) electrons. The van der Waals surface area contributed by atoms with Crippen LogP contribution >= 0.6 is 23.4 Å². The molecule has 0 saturated heterocycles. The number of thioether (sulfide) groups is 1. The minimum atomic E-state index is -0.356. The Balaban J connectivity index is 2.04. The van der Waals surface area contributed by atoms with Gasteiger partial charge < -0.3 is 4.98 Å². The summed E-state index contributed by atoms with van der Waals surface area (Å²) in [5.41, 5.74) is 1.42. The third-order valence-electron chi connectivity index (χ3n) is 4.83. The zero-order valence-corrected chi connectivity index (χ0v) is 16.0. The van der Waals surface area contributed by atoms with Crippen LogP contribution in [0.5, 0.6) is 0 Å². The van der Waals surface area contributed by atoms with E-state index in [0.29, 0.717) is 38.7 Å². The molecule has 1 heterocycles. The number of hydrogen-bond acceptors (Lipinski definition) is 3. The molecule has 1 unspecified atom stereocenters. The molecule has 3 nitrogen and oxygen atoms in total. The highest BCUT2D eigenvalue weighted by molar-refractivity contribution is 7.99. The smallest absolute Gasteiger partial charge is 0.254 e. The van der Waals surface area contributed by atoms with Crippen molar-refractivity contribution in [3.8, 4) is 0 Å². The number of aromatic nitrogens is 2. The van der Waals surface area contributed by atoms with E-state index in [-0.39, 0.29) is 17.3 Å². The summed E-state index contributed by atoms with van der Waals surface area (Å²) in [6, 6.07) is 4.67. The maximum atomic E-state index is 14.4. The lowest BCUT2D eigenvalue weighted by Gasteiger charge is -2.20. The van der Waals surface area contributed by atoms with E-state index in [1.807, 2.05) is 6.92 Å². The van der Waals surface area contributed by atoms with Crippen LogP contribution in [0, 0.1) is 12.7 Å². The Morgan fingerprint density at radius 3 is 2.76 bits per heavy atom. The fraction of sp³-hybridized carbons (Fsp3) is 0.474. The first-order valence-corrected chi connectivity index (χ1v) is 9.98. The van der Waals surface area contributed by atoms with E-state index in [1.54, 1.807) is 30.8 Å². The first-order valence-electron chi connectivity index (χ1n) is 8.72. The average molecular weight is 381 g/mol. The van der Waals surface area contributed by atoms with Gasteiger partial charge in [-0.05, 0) is 38.3 Å². The number of nitrogens with zero attached hydrogens (tertiary/aromatic N) is 1. The van der Waals surface area contributed by atoms with Gasteiger partial charge in [0.15, 0.2) is 5.16 Å². The van der Waals surface area contributed by atoms with Crippen LogP contribution in [0.2, 0.25) is 5.02 Å². The Morgan fingerprint density at radius 2 is 2.12 bits per heavy atom. The molecule has 1 aromatic carbocycles. The van der Waals surface area contributed by atoms with Crippen molar-refractivity contribution in [2.45, 2.75) is 62.3 Å². The van der Waals surface area contributed by atoms with Gasteiger partial charge in [-0.25, -0.2) is 9.37 Å². The highest BCUT2D eigenvalue weighted by Crippen LogP contribution is 2.37. The Hall–Kier alpha value is -1.33. The van der Waals surface area contributed by atoms with E-state index in [1.165, 1.54) is 18.9 Å². The van der Waals surface area contributed by atoms with E-state index in [4.69, 9.17) is 16.6 Å². The predicted molar refractivity (Wildman–Crippen MR) is 101 cm³/mol. The molecule has 0 amide bonds. The van der Waals surface area contributed by atoms with Gasteiger partial charge in [0.05, 0.1) is 5.69 Å². The van der Waals surface area contributed by atoms with Gasteiger partial charge in [-0.1, -0.05) is 49.2 Å².